The molecule has 2 fully saturated rings. The number of piperidine rings is 1. The maximum atomic E-state index is 16.5. The van der Waals surface area contributed by atoms with Gasteiger partial charge in [-0.25, -0.2) is 14.4 Å². The molecule has 36 heavy (non-hydrogen) atoms. The molecule has 4 aromatic rings. The number of benzene rings is 2. The van der Waals surface area contributed by atoms with Gasteiger partial charge in [0.1, 0.15) is 28.6 Å². The third kappa shape index (κ3) is 3.78. The summed E-state index contributed by atoms with van der Waals surface area (Å²) in [6.45, 7) is 10.2. The van der Waals surface area contributed by atoms with E-state index in [0.29, 0.717) is 34.1 Å². The lowest BCUT2D eigenvalue weighted by molar-refractivity contribution is 0.418. The molecule has 1 aliphatic carbocycles. The van der Waals surface area contributed by atoms with E-state index < -0.39 is 5.82 Å². The van der Waals surface area contributed by atoms with Gasteiger partial charge in [0.05, 0.1) is 5.39 Å². The van der Waals surface area contributed by atoms with Crippen molar-refractivity contribution in [2.24, 2.45) is 11.8 Å². The van der Waals surface area contributed by atoms with Gasteiger partial charge in [0.15, 0.2) is 5.82 Å². The van der Waals surface area contributed by atoms with Gasteiger partial charge < -0.3 is 10.0 Å². The van der Waals surface area contributed by atoms with Crippen LogP contribution in [0.3, 0.4) is 0 Å². The zero-order valence-electron chi connectivity index (χ0n) is 21.5. The van der Waals surface area contributed by atoms with E-state index in [4.69, 9.17) is 9.97 Å². The van der Waals surface area contributed by atoms with E-state index in [9.17, 15) is 5.11 Å². The highest BCUT2D eigenvalue weighted by atomic mass is 19.1. The molecule has 0 amide bonds. The summed E-state index contributed by atoms with van der Waals surface area (Å²) in [7, 11) is 0. The van der Waals surface area contributed by atoms with Crippen LogP contribution in [0.25, 0.3) is 32.9 Å². The number of aromatic hydroxyl groups is 1. The van der Waals surface area contributed by atoms with Crippen molar-refractivity contribution < 1.29 is 9.50 Å². The first kappa shape index (κ1) is 23.1. The van der Waals surface area contributed by atoms with Gasteiger partial charge >= 0.3 is 0 Å². The van der Waals surface area contributed by atoms with Gasteiger partial charge in [-0.2, -0.15) is 0 Å². The van der Waals surface area contributed by atoms with Crippen molar-refractivity contribution in [3.8, 4) is 17.0 Å². The highest BCUT2D eigenvalue weighted by Crippen LogP contribution is 2.41. The summed E-state index contributed by atoms with van der Waals surface area (Å²) in [6, 6.07) is 9.30. The van der Waals surface area contributed by atoms with Gasteiger partial charge in [-0.05, 0) is 66.0 Å². The van der Waals surface area contributed by atoms with Gasteiger partial charge in [0.2, 0.25) is 0 Å². The minimum Gasteiger partial charge on any atom is -0.508 e. The van der Waals surface area contributed by atoms with Crippen molar-refractivity contribution >= 4 is 27.5 Å². The Balaban J connectivity index is 1.60. The number of hydrogen-bond donors (Lipinski definition) is 1. The number of aryl methyl sites for hydroxylation is 1. The smallest absolute Gasteiger partial charge is 0.175 e. The maximum Gasteiger partial charge on any atom is 0.175 e. The molecule has 1 aliphatic heterocycles. The highest BCUT2D eigenvalue weighted by molar-refractivity contribution is 6.01. The average Bonchev–Trinajstić information content (AvgIpc) is 3.19. The van der Waals surface area contributed by atoms with Crippen LogP contribution in [-0.2, 0) is 11.8 Å². The molecule has 2 bridgehead atoms. The fourth-order valence-corrected chi connectivity index (χ4v) is 6.16. The fourth-order valence-electron chi connectivity index (χ4n) is 6.16. The van der Waals surface area contributed by atoms with Gasteiger partial charge in [-0.15, -0.1) is 0 Å². The lowest BCUT2D eigenvalue weighted by Gasteiger charge is -2.34. The Morgan fingerprint density at radius 1 is 1.08 bits per heavy atom. The summed E-state index contributed by atoms with van der Waals surface area (Å²) in [4.78, 5) is 16.8. The van der Waals surface area contributed by atoms with Crippen LogP contribution < -0.4 is 4.90 Å². The second kappa shape index (κ2) is 8.39. The summed E-state index contributed by atoms with van der Waals surface area (Å²) < 4.78 is 16.5. The third-order valence-electron chi connectivity index (χ3n) is 7.93. The lowest BCUT2D eigenvalue weighted by atomic mass is 9.94. The molecule has 1 saturated heterocycles. The van der Waals surface area contributed by atoms with Crippen molar-refractivity contribution in [2.45, 2.75) is 58.8 Å². The maximum absolute atomic E-state index is 16.5. The van der Waals surface area contributed by atoms with Crippen molar-refractivity contribution in [3.05, 3.63) is 53.7 Å². The first-order chi connectivity index (χ1) is 17.2. The molecule has 0 radical (unpaired) electrons. The second-order valence-corrected chi connectivity index (χ2v) is 11.6. The van der Waals surface area contributed by atoms with Gasteiger partial charge in [0.25, 0.3) is 0 Å². The number of fused-ring (bicyclic) bond motifs is 4. The summed E-state index contributed by atoms with van der Waals surface area (Å²) >= 11 is 0. The van der Waals surface area contributed by atoms with Crippen molar-refractivity contribution in [1.82, 2.24) is 15.0 Å². The van der Waals surface area contributed by atoms with Gasteiger partial charge in [-0.1, -0.05) is 45.9 Å². The molecule has 2 aromatic carbocycles. The Hall–Kier alpha value is -3.28. The molecule has 2 aliphatic rings. The molecule has 0 spiro atoms. The largest absolute Gasteiger partial charge is 0.508 e. The Morgan fingerprint density at radius 2 is 1.83 bits per heavy atom. The van der Waals surface area contributed by atoms with Crippen LogP contribution in [0.4, 0.5) is 10.2 Å². The molecular weight excluding hydrogens is 451 g/mol. The number of halogens is 1. The molecule has 186 valence electrons. The Kier molecular flexibility index (Phi) is 5.39. The van der Waals surface area contributed by atoms with E-state index >= 15 is 4.39 Å². The summed E-state index contributed by atoms with van der Waals surface area (Å²) in [6.07, 6.45) is 6.33. The monoisotopic (exact) mass is 484 g/mol. The fraction of sp³-hybridized carbons (Fsp3) is 0.433. The van der Waals surface area contributed by atoms with Crippen molar-refractivity contribution in [2.75, 3.05) is 18.0 Å². The predicted molar refractivity (Wildman–Crippen MR) is 143 cm³/mol. The molecule has 2 aromatic heterocycles. The molecular formula is C30H33FN4O. The van der Waals surface area contributed by atoms with Crippen molar-refractivity contribution in [3.63, 3.8) is 0 Å². The van der Waals surface area contributed by atoms with E-state index in [1.807, 2.05) is 18.2 Å². The van der Waals surface area contributed by atoms with E-state index in [-0.39, 0.29) is 16.9 Å². The lowest BCUT2D eigenvalue weighted by Crippen LogP contribution is -2.37. The van der Waals surface area contributed by atoms with E-state index in [2.05, 4.69) is 37.6 Å². The summed E-state index contributed by atoms with van der Waals surface area (Å²) in [5.74, 6) is 2.42. The molecule has 6 rings (SSSR count). The quantitative estimate of drug-likeness (QED) is 0.347. The Labute approximate surface area is 211 Å². The Bertz CT molecular complexity index is 1480. The normalized spacial score (nSPS) is 20.0. The van der Waals surface area contributed by atoms with Crippen LogP contribution in [0.15, 0.2) is 36.5 Å². The first-order valence-electron chi connectivity index (χ1n) is 13.1. The summed E-state index contributed by atoms with van der Waals surface area (Å²) in [5.41, 5.74) is 1.87. The van der Waals surface area contributed by atoms with Crippen LogP contribution in [-0.4, -0.2) is 33.1 Å². The summed E-state index contributed by atoms with van der Waals surface area (Å²) in [5, 5.41) is 12.9. The standard InChI is InChI=1S/C30H33FN4O/c1-5-19-7-6-8-20-12-21(36)13-22(24(19)20)26-25(31)27-23(14-32-26)28(34-29(33-27)30(2,3)4)35-15-17-9-10-18(11-17)16-35/h6-8,12-14,17-18,36H,5,9-11,15-16H2,1-4H3. The van der Waals surface area contributed by atoms with Crippen LogP contribution >= 0.6 is 0 Å². The SMILES string of the molecule is CCc1cccc2cc(O)cc(-c3ncc4c(N5CC6CCC(C6)C5)nc(C(C)(C)C)nc4c3F)c12. The molecule has 2 unspecified atom stereocenters. The minimum atomic E-state index is -0.459. The first-order valence-corrected chi connectivity index (χ1v) is 13.1. The molecule has 3 heterocycles. The number of phenols is 1. The van der Waals surface area contributed by atoms with E-state index in [1.165, 1.54) is 19.3 Å². The van der Waals surface area contributed by atoms with Gasteiger partial charge in [0, 0.05) is 30.3 Å². The van der Waals surface area contributed by atoms with E-state index in [1.54, 1.807) is 18.3 Å². The zero-order valence-corrected chi connectivity index (χ0v) is 21.5. The third-order valence-corrected chi connectivity index (χ3v) is 7.93. The van der Waals surface area contributed by atoms with Crippen molar-refractivity contribution in [1.29, 1.82) is 0 Å². The topological polar surface area (TPSA) is 62.1 Å². The predicted octanol–water partition coefficient (Wildman–Crippen LogP) is 6.79. The highest BCUT2D eigenvalue weighted by Gasteiger charge is 2.35. The van der Waals surface area contributed by atoms with Crippen LogP contribution in [0.5, 0.6) is 5.75 Å². The van der Waals surface area contributed by atoms with E-state index in [0.717, 1.165) is 41.7 Å². The number of aromatic nitrogens is 3. The molecule has 6 heteroatoms. The van der Waals surface area contributed by atoms with Crippen LogP contribution in [0.1, 0.15) is 58.3 Å². The molecule has 2 atom stereocenters. The number of anilines is 1. The Morgan fingerprint density at radius 3 is 2.53 bits per heavy atom. The second-order valence-electron chi connectivity index (χ2n) is 11.6. The van der Waals surface area contributed by atoms with Gasteiger partial charge in [-0.3, -0.25) is 4.98 Å². The minimum absolute atomic E-state index is 0.0922. The molecule has 5 nitrogen and oxygen atoms in total. The number of phenolic OH excluding ortho intramolecular Hbond substituents is 1. The number of pyridine rings is 1. The average molecular weight is 485 g/mol. The van der Waals surface area contributed by atoms with Crippen LogP contribution in [0.2, 0.25) is 0 Å². The number of rotatable bonds is 3. The number of nitrogens with zero attached hydrogens (tertiary/aromatic N) is 4. The van der Waals surface area contributed by atoms with Crippen LogP contribution in [0, 0.1) is 17.7 Å². The number of hydrogen-bond acceptors (Lipinski definition) is 5. The zero-order chi connectivity index (χ0) is 25.2. The molecule has 1 saturated carbocycles. The molecule has 1 N–H and O–H groups in total.